The Labute approximate surface area is 103 Å². The van der Waals surface area contributed by atoms with Gasteiger partial charge in [0.25, 0.3) is 0 Å². The number of amides is 1. The van der Waals surface area contributed by atoms with E-state index in [1.54, 1.807) is 0 Å². The van der Waals surface area contributed by atoms with E-state index < -0.39 is 21.0 Å². The second-order valence-corrected chi connectivity index (χ2v) is 4.57. The zero-order chi connectivity index (χ0) is 13.1. The number of benzene rings is 1. The van der Waals surface area contributed by atoms with Gasteiger partial charge < -0.3 is 10.1 Å². The highest BCUT2D eigenvalue weighted by Crippen LogP contribution is 2.28. The van der Waals surface area contributed by atoms with Crippen molar-refractivity contribution >= 4 is 33.4 Å². The first-order chi connectivity index (χ1) is 7.88. The summed E-state index contributed by atoms with van der Waals surface area (Å²) in [5, 5.41) is 2.38. The summed E-state index contributed by atoms with van der Waals surface area (Å²) in [7, 11) is -3.67. The van der Waals surface area contributed by atoms with Gasteiger partial charge in [-0.3, -0.25) is 4.79 Å². The second-order valence-electron chi connectivity index (χ2n) is 2.99. The number of nitrogens with one attached hydrogen (secondary N) is 1. The van der Waals surface area contributed by atoms with E-state index in [0.717, 1.165) is 6.07 Å². The average molecular weight is 282 g/mol. The fourth-order valence-corrected chi connectivity index (χ4v) is 1.82. The highest BCUT2D eigenvalue weighted by Gasteiger charge is 2.18. The first-order valence-electron chi connectivity index (χ1n) is 4.37. The molecule has 0 saturated heterocycles. The molecular formula is C9H9ClFNO4S. The van der Waals surface area contributed by atoms with E-state index in [2.05, 4.69) is 5.32 Å². The van der Waals surface area contributed by atoms with Gasteiger partial charge >= 0.3 is 10.2 Å². The highest BCUT2D eigenvalue weighted by molar-refractivity contribution is 7.86. The standard InChI is InChI=1S/C9H9ClFNO4S/c1-16-7-4-6(12-9(13)5-10)2-3-8(7)17(11,14)15/h2-4H,5H2,1H3,(H,12,13). The van der Waals surface area contributed by atoms with Crippen LogP contribution in [0.2, 0.25) is 0 Å². The largest absolute Gasteiger partial charge is 0.495 e. The van der Waals surface area contributed by atoms with E-state index in [9.17, 15) is 17.1 Å². The molecule has 94 valence electrons. The Morgan fingerprint density at radius 1 is 1.53 bits per heavy atom. The molecule has 8 heteroatoms. The Bertz CT molecular complexity index is 532. The highest BCUT2D eigenvalue weighted by atomic mass is 35.5. The summed E-state index contributed by atoms with van der Waals surface area (Å²) >= 11 is 5.28. The molecule has 0 aliphatic heterocycles. The van der Waals surface area contributed by atoms with Crippen LogP contribution in [0.3, 0.4) is 0 Å². The van der Waals surface area contributed by atoms with Crippen molar-refractivity contribution in [3.05, 3.63) is 18.2 Å². The number of carbonyl (C=O) groups excluding carboxylic acids is 1. The van der Waals surface area contributed by atoms with Crippen LogP contribution in [0.5, 0.6) is 5.75 Å². The predicted molar refractivity (Wildman–Crippen MR) is 60.6 cm³/mol. The van der Waals surface area contributed by atoms with Gasteiger partial charge in [-0.15, -0.1) is 15.5 Å². The summed E-state index contributed by atoms with van der Waals surface area (Å²) in [6.07, 6.45) is 0. The zero-order valence-electron chi connectivity index (χ0n) is 8.74. The molecule has 1 aromatic rings. The maximum atomic E-state index is 12.8. The van der Waals surface area contributed by atoms with Crippen molar-refractivity contribution in [1.82, 2.24) is 0 Å². The SMILES string of the molecule is COc1cc(NC(=O)CCl)ccc1S(=O)(=O)F. The van der Waals surface area contributed by atoms with Gasteiger partial charge in [-0.2, -0.15) is 8.42 Å². The molecule has 1 N–H and O–H groups in total. The molecule has 1 amide bonds. The van der Waals surface area contributed by atoms with Crippen molar-refractivity contribution in [3.63, 3.8) is 0 Å². The molecule has 0 aliphatic rings. The first-order valence-corrected chi connectivity index (χ1v) is 6.29. The van der Waals surface area contributed by atoms with Gasteiger partial charge in [-0.1, -0.05) is 0 Å². The number of hydrogen-bond donors (Lipinski definition) is 1. The Morgan fingerprint density at radius 2 is 2.18 bits per heavy atom. The summed E-state index contributed by atoms with van der Waals surface area (Å²) in [5.41, 5.74) is 0.264. The number of rotatable bonds is 4. The zero-order valence-corrected chi connectivity index (χ0v) is 10.3. The lowest BCUT2D eigenvalue weighted by atomic mass is 10.3. The lowest BCUT2D eigenvalue weighted by Crippen LogP contribution is -2.12. The number of ether oxygens (including phenoxy) is 1. The number of carbonyl (C=O) groups is 1. The van der Waals surface area contributed by atoms with Gasteiger partial charge in [0.1, 0.15) is 16.5 Å². The Hall–Kier alpha value is -1.34. The molecule has 0 aliphatic carbocycles. The third-order valence-corrected chi connectivity index (χ3v) is 2.94. The minimum atomic E-state index is -4.86. The molecule has 0 fully saturated rings. The van der Waals surface area contributed by atoms with Crippen LogP contribution in [-0.2, 0) is 15.0 Å². The van der Waals surface area contributed by atoms with Gasteiger partial charge in [0, 0.05) is 11.8 Å². The smallest absolute Gasteiger partial charge is 0.335 e. The van der Waals surface area contributed by atoms with E-state index in [0.29, 0.717) is 0 Å². The minimum absolute atomic E-state index is 0.195. The third kappa shape index (κ3) is 3.57. The number of methoxy groups -OCH3 is 1. The molecule has 17 heavy (non-hydrogen) atoms. The summed E-state index contributed by atoms with van der Waals surface area (Å²) in [6.45, 7) is 0. The molecule has 0 heterocycles. The van der Waals surface area contributed by atoms with Crippen molar-refractivity contribution in [2.75, 3.05) is 18.3 Å². The van der Waals surface area contributed by atoms with Gasteiger partial charge in [-0.25, -0.2) is 0 Å². The van der Waals surface area contributed by atoms with Crippen LogP contribution in [0, 0.1) is 0 Å². The van der Waals surface area contributed by atoms with Crippen LogP contribution >= 0.6 is 11.6 Å². The molecule has 0 atom stereocenters. The van der Waals surface area contributed by atoms with E-state index >= 15 is 0 Å². The summed E-state index contributed by atoms with van der Waals surface area (Å²) in [4.78, 5) is 10.4. The summed E-state index contributed by atoms with van der Waals surface area (Å²) in [5.74, 6) is -0.907. The van der Waals surface area contributed by atoms with Crippen molar-refractivity contribution in [1.29, 1.82) is 0 Å². The normalized spacial score (nSPS) is 11.0. The van der Waals surface area contributed by atoms with Crippen LogP contribution in [-0.4, -0.2) is 27.3 Å². The number of hydrogen-bond acceptors (Lipinski definition) is 4. The van der Waals surface area contributed by atoms with Crippen molar-refractivity contribution in [2.24, 2.45) is 0 Å². The van der Waals surface area contributed by atoms with Crippen LogP contribution in [0.25, 0.3) is 0 Å². The number of alkyl halides is 1. The summed E-state index contributed by atoms with van der Waals surface area (Å²) < 4.78 is 39.0. The molecule has 1 aromatic carbocycles. The quantitative estimate of drug-likeness (QED) is 0.671. The molecule has 5 nitrogen and oxygen atoms in total. The predicted octanol–water partition coefficient (Wildman–Crippen LogP) is 1.53. The monoisotopic (exact) mass is 281 g/mol. The molecule has 0 saturated carbocycles. The molecule has 0 bridgehead atoms. The van der Waals surface area contributed by atoms with Gasteiger partial charge in [0.05, 0.1) is 7.11 Å². The maximum Gasteiger partial charge on any atom is 0.335 e. The second kappa shape index (κ2) is 5.33. The lowest BCUT2D eigenvalue weighted by molar-refractivity contribution is -0.113. The Morgan fingerprint density at radius 3 is 2.65 bits per heavy atom. The van der Waals surface area contributed by atoms with Crippen LogP contribution < -0.4 is 10.1 Å². The van der Waals surface area contributed by atoms with E-state index in [4.69, 9.17) is 16.3 Å². The maximum absolute atomic E-state index is 12.8. The molecule has 0 radical (unpaired) electrons. The van der Waals surface area contributed by atoms with Crippen LogP contribution in [0.4, 0.5) is 9.57 Å². The molecule has 0 spiro atoms. The Kier molecular flexibility index (Phi) is 4.30. The third-order valence-electron chi connectivity index (χ3n) is 1.83. The number of anilines is 1. The fraction of sp³-hybridized carbons (Fsp3) is 0.222. The number of halogens is 2. The van der Waals surface area contributed by atoms with Crippen molar-refractivity contribution in [2.45, 2.75) is 4.90 Å². The van der Waals surface area contributed by atoms with Crippen LogP contribution in [0.1, 0.15) is 0 Å². The first kappa shape index (κ1) is 13.7. The van der Waals surface area contributed by atoms with Crippen LogP contribution in [0.15, 0.2) is 23.1 Å². The van der Waals surface area contributed by atoms with E-state index in [-0.39, 0.29) is 17.3 Å². The summed E-state index contributed by atoms with van der Waals surface area (Å²) in [6, 6.07) is 3.42. The molecule has 0 aromatic heterocycles. The fourth-order valence-electron chi connectivity index (χ4n) is 1.14. The van der Waals surface area contributed by atoms with Gasteiger partial charge in [0.15, 0.2) is 0 Å². The molecular weight excluding hydrogens is 273 g/mol. The van der Waals surface area contributed by atoms with Gasteiger partial charge in [0.2, 0.25) is 5.91 Å². The van der Waals surface area contributed by atoms with Crippen molar-refractivity contribution in [3.8, 4) is 5.75 Å². The average Bonchev–Trinajstić information content (AvgIpc) is 2.27. The molecule has 1 rings (SSSR count). The Balaban J connectivity index is 3.14. The topological polar surface area (TPSA) is 72.5 Å². The van der Waals surface area contributed by atoms with E-state index in [1.807, 2.05) is 0 Å². The van der Waals surface area contributed by atoms with Crippen molar-refractivity contribution < 1.29 is 21.8 Å². The minimum Gasteiger partial charge on any atom is -0.495 e. The molecule has 0 unspecified atom stereocenters. The lowest BCUT2D eigenvalue weighted by Gasteiger charge is -2.08. The van der Waals surface area contributed by atoms with Gasteiger partial charge in [-0.05, 0) is 12.1 Å². The van der Waals surface area contributed by atoms with E-state index in [1.165, 1.54) is 19.2 Å².